The molecule has 0 heterocycles. The summed E-state index contributed by atoms with van der Waals surface area (Å²) in [6.07, 6.45) is 3.40. The average molecular weight is 227 g/mol. The fourth-order valence-corrected chi connectivity index (χ4v) is 2.86. The van der Waals surface area contributed by atoms with E-state index < -0.39 is 0 Å². The molecule has 0 bridgehead atoms. The van der Waals surface area contributed by atoms with Gasteiger partial charge in [0.05, 0.1) is 7.11 Å². The molecule has 2 nitrogen and oxygen atoms in total. The van der Waals surface area contributed by atoms with Gasteiger partial charge in [-0.25, -0.2) is 0 Å². The Morgan fingerprint density at radius 3 is 2.76 bits per heavy atom. The molecule has 2 N–H and O–H groups in total. The van der Waals surface area contributed by atoms with Crippen molar-refractivity contribution in [3.63, 3.8) is 0 Å². The second-order valence-electron chi connectivity index (χ2n) is 4.69. The molecule has 0 radical (unpaired) electrons. The average Bonchev–Trinajstić information content (AvgIpc) is 2.38. The number of methoxy groups -OCH3 is 1. The molecule has 17 heavy (non-hydrogen) atoms. The molecule has 2 aromatic rings. The first kappa shape index (κ1) is 10.6. The first-order valence-electron chi connectivity index (χ1n) is 6.15. The molecule has 88 valence electrons. The molecule has 3 rings (SSSR count). The van der Waals surface area contributed by atoms with Crippen molar-refractivity contribution >= 4 is 10.8 Å². The Bertz CT molecular complexity index is 562. The van der Waals surface area contributed by atoms with Gasteiger partial charge in [-0.3, -0.25) is 0 Å². The largest absolute Gasteiger partial charge is 0.496 e. The summed E-state index contributed by atoms with van der Waals surface area (Å²) in [5.74, 6) is 0.941. The SMILES string of the molecule is COc1cc2c(c3ccccc13)CCC[C@H]2N. The number of hydrogen-bond acceptors (Lipinski definition) is 2. The van der Waals surface area contributed by atoms with Gasteiger partial charge in [0.2, 0.25) is 0 Å². The Labute approximate surface area is 101 Å². The summed E-state index contributed by atoms with van der Waals surface area (Å²) in [6.45, 7) is 0. The third kappa shape index (κ3) is 1.60. The van der Waals surface area contributed by atoms with E-state index in [1.165, 1.54) is 28.3 Å². The van der Waals surface area contributed by atoms with E-state index in [1.807, 2.05) is 0 Å². The van der Waals surface area contributed by atoms with Gasteiger partial charge in [0.25, 0.3) is 0 Å². The molecule has 0 amide bonds. The van der Waals surface area contributed by atoms with Crippen LogP contribution in [0.2, 0.25) is 0 Å². The summed E-state index contributed by atoms with van der Waals surface area (Å²) in [5, 5.41) is 2.50. The highest BCUT2D eigenvalue weighted by atomic mass is 16.5. The van der Waals surface area contributed by atoms with Crippen molar-refractivity contribution in [3.05, 3.63) is 41.5 Å². The van der Waals surface area contributed by atoms with Crippen molar-refractivity contribution < 1.29 is 4.74 Å². The van der Waals surface area contributed by atoms with Crippen LogP contribution >= 0.6 is 0 Å². The number of fused-ring (bicyclic) bond motifs is 3. The lowest BCUT2D eigenvalue weighted by atomic mass is 9.84. The minimum atomic E-state index is 0.164. The van der Waals surface area contributed by atoms with Gasteiger partial charge < -0.3 is 10.5 Å². The molecule has 0 saturated carbocycles. The van der Waals surface area contributed by atoms with Crippen LogP contribution < -0.4 is 10.5 Å². The highest BCUT2D eigenvalue weighted by Crippen LogP contribution is 2.38. The summed E-state index contributed by atoms with van der Waals surface area (Å²) in [4.78, 5) is 0. The van der Waals surface area contributed by atoms with Crippen LogP contribution in [0.3, 0.4) is 0 Å². The maximum absolute atomic E-state index is 6.21. The second-order valence-corrected chi connectivity index (χ2v) is 4.69. The molecule has 0 saturated heterocycles. The lowest BCUT2D eigenvalue weighted by Crippen LogP contribution is -2.17. The van der Waals surface area contributed by atoms with E-state index in [4.69, 9.17) is 10.5 Å². The fourth-order valence-electron chi connectivity index (χ4n) is 2.86. The topological polar surface area (TPSA) is 35.2 Å². The van der Waals surface area contributed by atoms with E-state index >= 15 is 0 Å². The molecule has 2 heteroatoms. The van der Waals surface area contributed by atoms with E-state index in [-0.39, 0.29) is 6.04 Å². The monoisotopic (exact) mass is 227 g/mol. The van der Waals surface area contributed by atoms with Crippen LogP contribution in [-0.2, 0) is 6.42 Å². The van der Waals surface area contributed by atoms with Crippen LogP contribution in [0.1, 0.15) is 30.0 Å². The number of rotatable bonds is 1. The molecule has 0 aliphatic heterocycles. The zero-order valence-electron chi connectivity index (χ0n) is 10.1. The Balaban J connectivity index is 2.36. The third-order valence-corrected chi connectivity index (χ3v) is 3.71. The zero-order valence-corrected chi connectivity index (χ0v) is 10.1. The maximum Gasteiger partial charge on any atom is 0.127 e. The van der Waals surface area contributed by atoms with E-state index in [1.54, 1.807) is 7.11 Å². The van der Waals surface area contributed by atoms with Crippen LogP contribution in [0.15, 0.2) is 30.3 Å². The van der Waals surface area contributed by atoms with Gasteiger partial charge in [-0.2, -0.15) is 0 Å². The number of benzene rings is 2. The van der Waals surface area contributed by atoms with Gasteiger partial charge in [-0.1, -0.05) is 24.3 Å². The predicted molar refractivity (Wildman–Crippen MR) is 70.4 cm³/mol. The lowest BCUT2D eigenvalue weighted by Gasteiger charge is -2.25. The summed E-state index contributed by atoms with van der Waals surface area (Å²) >= 11 is 0. The normalized spacial score (nSPS) is 19.1. The van der Waals surface area contributed by atoms with Crippen molar-refractivity contribution in [3.8, 4) is 5.75 Å². The Hall–Kier alpha value is -1.54. The molecule has 0 aromatic heterocycles. The number of ether oxygens (including phenoxy) is 1. The Morgan fingerprint density at radius 1 is 1.24 bits per heavy atom. The minimum Gasteiger partial charge on any atom is -0.496 e. The van der Waals surface area contributed by atoms with Gasteiger partial charge in [0, 0.05) is 11.4 Å². The predicted octanol–water partition coefficient (Wildman–Crippen LogP) is 3.18. The van der Waals surface area contributed by atoms with Gasteiger partial charge in [-0.15, -0.1) is 0 Å². The fraction of sp³-hybridized carbons (Fsp3) is 0.333. The third-order valence-electron chi connectivity index (χ3n) is 3.71. The van der Waals surface area contributed by atoms with Gasteiger partial charge >= 0.3 is 0 Å². The quantitative estimate of drug-likeness (QED) is 0.812. The first-order chi connectivity index (χ1) is 8.31. The molecule has 1 aliphatic rings. The number of nitrogens with two attached hydrogens (primary N) is 1. The molecular formula is C15H17NO. The maximum atomic E-state index is 6.21. The molecular weight excluding hydrogens is 210 g/mol. The van der Waals surface area contributed by atoms with Crippen LogP contribution in [0.25, 0.3) is 10.8 Å². The molecule has 0 fully saturated rings. The minimum absolute atomic E-state index is 0.164. The van der Waals surface area contributed by atoms with Crippen LogP contribution in [0.5, 0.6) is 5.75 Å². The van der Waals surface area contributed by atoms with E-state index in [9.17, 15) is 0 Å². The van der Waals surface area contributed by atoms with Crippen molar-refractivity contribution in [2.45, 2.75) is 25.3 Å². The smallest absolute Gasteiger partial charge is 0.127 e. The standard InChI is InChI=1S/C15H17NO/c1-17-15-9-13-11(7-4-8-14(13)16)10-5-2-3-6-12(10)15/h2-3,5-6,9,14H,4,7-8,16H2,1H3/t14-/m1/s1. The van der Waals surface area contributed by atoms with E-state index in [0.29, 0.717) is 0 Å². The molecule has 2 aromatic carbocycles. The Kier molecular flexibility index (Phi) is 2.52. The summed E-state index contributed by atoms with van der Waals surface area (Å²) in [7, 11) is 1.72. The van der Waals surface area contributed by atoms with Crippen LogP contribution in [0.4, 0.5) is 0 Å². The van der Waals surface area contributed by atoms with Crippen LogP contribution in [-0.4, -0.2) is 7.11 Å². The first-order valence-corrected chi connectivity index (χ1v) is 6.15. The highest BCUT2D eigenvalue weighted by Gasteiger charge is 2.20. The van der Waals surface area contributed by atoms with E-state index in [2.05, 4.69) is 30.3 Å². The zero-order chi connectivity index (χ0) is 11.8. The summed E-state index contributed by atoms with van der Waals surface area (Å²) in [5.41, 5.74) is 8.89. The van der Waals surface area contributed by atoms with Crippen molar-refractivity contribution in [1.82, 2.24) is 0 Å². The molecule has 0 unspecified atom stereocenters. The molecule has 1 aliphatic carbocycles. The number of hydrogen-bond donors (Lipinski definition) is 1. The summed E-state index contributed by atoms with van der Waals surface area (Å²) in [6, 6.07) is 10.7. The van der Waals surface area contributed by atoms with Crippen molar-refractivity contribution in [2.24, 2.45) is 5.73 Å². The number of aryl methyl sites for hydroxylation is 1. The van der Waals surface area contributed by atoms with E-state index in [0.717, 1.165) is 18.6 Å². The van der Waals surface area contributed by atoms with Crippen LogP contribution in [0, 0.1) is 0 Å². The van der Waals surface area contributed by atoms with Crippen molar-refractivity contribution in [1.29, 1.82) is 0 Å². The van der Waals surface area contributed by atoms with Gasteiger partial charge in [0.1, 0.15) is 5.75 Å². The van der Waals surface area contributed by atoms with Gasteiger partial charge in [0.15, 0.2) is 0 Å². The molecule has 0 spiro atoms. The molecule has 1 atom stereocenters. The van der Waals surface area contributed by atoms with Gasteiger partial charge in [-0.05, 0) is 41.8 Å². The Morgan fingerprint density at radius 2 is 2.00 bits per heavy atom. The summed E-state index contributed by atoms with van der Waals surface area (Å²) < 4.78 is 5.49. The lowest BCUT2D eigenvalue weighted by molar-refractivity contribution is 0.418. The van der Waals surface area contributed by atoms with Crippen molar-refractivity contribution in [2.75, 3.05) is 7.11 Å². The highest BCUT2D eigenvalue weighted by molar-refractivity contribution is 5.92. The second kappa shape index (κ2) is 4.04.